The lowest BCUT2D eigenvalue weighted by molar-refractivity contribution is -0.133. The number of carbonyl (C=O) groups is 1. The first-order valence-electron chi connectivity index (χ1n) is 2.21. The Morgan fingerprint density at radius 2 is 2.50 bits per heavy atom. The molecule has 0 aromatic carbocycles. The summed E-state index contributed by atoms with van der Waals surface area (Å²) >= 11 is 1.35. The molecule has 0 aliphatic rings. The molecule has 0 aromatic rings. The maximum absolute atomic E-state index is 9.83. The van der Waals surface area contributed by atoms with E-state index in [1.54, 1.807) is 7.05 Å². The third-order valence-electron chi connectivity index (χ3n) is 0.472. The summed E-state index contributed by atoms with van der Waals surface area (Å²) in [5.41, 5.74) is 0. The summed E-state index contributed by atoms with van der Waals surface area (Å²) in [6.07, 6.45) is 0. The van der Waals surface area contributed by atoms with E-state index in [0.717, 1.165) is 0 Å². The Kier molecular flexibility index (Phi) is 4.79. The van der Waals surface area contributed by atoms with Gasteiger partial charge in [-0.1, -0.05) is 0 Å². The fourth-order valence-electron chi connectivity index (χ4n) is 0.240. The average molecular weight is 135 g/mol. The van der Waals surface area contributed by atoms with Crippen molar-refractivity contribution in [3.05, 3.63) is 0 Å². The van der Waals surface area contributed by atoms with Crippen molar-refractivity contribution in [3.8, 4) is 0 Å². The lowest BCUT2D eigenvalue weighted by Crippen LogP contribution is -2.07. The largest absolute Gasteiger partial charge is 0.481 e. The second-order valence-corrected chi connectivity index (χ2v) is 2.23. The van der Waals surface area contributed by atoms with Gasteiger partial charge in [0.1, 0.15) is 0 Å². The summed E-state index contributed by atoms with van der Waals surface area (Å²) in [5, 5.41) is 10.9. The highest BCUT2D eigenvalue weighted by molar-refractivity contribution is 7.99. The van der Waals surface area contributed by atoms with Crippen molar-refractivity contribution in [2.75, 3.05) is 18.7 Å². The molecule has 0 atom stereocenters. The van der Waals surface area contributed by atoms with Gasteiger partial charge >= 0.3 is 5.97 Å². The van der Waals surface area contributed by atoms with Gasteiger partial charge in [-0.05, 0) is 7.05 Å². The molecule has 0 aliphatic heterocycles. The topological polar surface area (TPSA) is 49.3 Å². The Bertz CT molecular complexity index is 76.4. The van der Waals surface area contributed by atoms with Crippen LogP contribution >= 0.6 is 11.8 Å². The zero-order valence-corrected chi connectivity index (χ0v) is 5.49. The van der Waals surface area contributed by atoms with Gasteiger partial charge in [0.2, 0.25) is 0 Å². The first-order chi connectivity index (χ1) is 3.77. The number of nitrogens with one attached hydrogen (secondary N) is 1. The van der Waals surface area contributed by atoms with Gasteiger partial charge in [-0.3, -0.25) is 4.79 Å². The van der Waals surface area contributed by atoms with Crippen LogP contribution in [0.1, 0.15) is 0 Å². The van der Waals surface area contributed by atoms with Crippen molar-refractivity contribution in [1.29, 1.82) is 0 Å². The number of hydrogen-bond donors (Lipinski definition) is 2. The average Bonchev–Trinajstić information content (AvgIpc) is 1.66. The maximum atomic E-state index is 9.83. The van der Waals surface area contributed by atoms with Crippen LogP contribution in [0.3, 0.4) is 0 Å². The van der Waals surface area contributed by atoms with E-state index < -0.39 is 5.97 Å². The molecule has 0 fully saturated rings. The highest BCUT2D eigenvalue weighted by atomic mass is 32.2. The Balaban J connectivity index is 2.82. The van der Waals surface area contributed by atoms with Gasteiger partial charge in [0.25, 0.3) is 0 Å². The van der Waals surface area contributed by atoms with Crippen molar-refractivity contribution in [3.63, 3.8) is 0 Å². The molecule has 0 saturated heterocycles. The van der Waals surface area contributed by atoms with Gasteiger partial charge in [-0.2, -0.15) is 0 Å². The molecule has 0 aromatic heterocycles. The predicted octanol–water partition coefficient (Wildman–Crippen LogP) is -0.0189. The van der Waals surface area contributed by atoms with E-state index in [-0.39, 0.29) is 5.75 Å². The van der Waals surface area contributed by atoms with Crippen LogP contribution in [-0.2, 0) is 4.79 Å². The number of aliphatic carboxylic acids is 1. The zero-order valence-electron chi connectivity index (χ0n) is 4.68. The van der Waals surface area contributed by atoms with Crippen molar-refractivity contribution >= 4 is 17.7 Å². The second-order valence-electron chi connectivity index (χ2n) is 1.24. The molecule has 0 radical (unpaired) electrons. The van der Waals surface area contributed by atoms with Crippen molar-refractivity contribution in [2.45, 2.75) is 0 Å². The molecule has 2 N–H and O–H groups in total. The van der Waals surface area contributed by atoms with Crippen LogP contribution in [0.25, 0.3) is 0 Å². The molecule has 0 heterocycles. The van der Waals surface area contributed by atoms with Gasteiger partial charge in [-0.25, -0.2) is 0 Å². The van der Waals surface area contributed by atoms with Gasteiger partial charge in [-0.15, -0.1) is 11.8 Å². The summed E-state index contributed by atoms with van der Waals surface area (Å²) in [6, 6.07) is 0. The van der Waals surface area contributed by atoms with Crippen LogP contribution in [0.2, 0.25) is 0 Å². The minimum absolute atomic E-state index is 0.181. The minimum atomic E-state index is -0.759. The van der Waals surface area contributed by atoms with Crippen LogP contribution in [-0.4, -0.2) is 29.8 Å². The number of carboxylic acids is 1. The molecular weight excluding hydrogens is 126 g/mol. The highest BCUT2D eigenvalue weighted by Crippen LogP contribution is 1.93. The van der Waals surface area contributed by atoms with E-state index in [0.29, 0.717) is 5.88 Å². The second kappa shape index (κ2) is 4.93. The molecule has 0 saturated carbocycles. The fraction of sp³-hybridized carbons (Fsp3) is 0.750. The molecule has 8 heavy (non-hydrogen) atoms. The van der Waals surface area contributed by atoms with E-state index in [4.69, 9.17) is 5.11 Å². The quantitative estimate of drug-likeness (QED) is 0.420. The zero-order chi connectivity index (χ0) is 6.41. The molecule has 3 nitrogen and oxygen atoms in total. The van der Waals surface area contributed by atoms with Crippen molar-refractivity contribution in [2.24, 2.45) is 0 Å². The summed E-state index contributed by atoms with van der Waals surface area (Å²) in [5.74, 6) is 0.123. The number of carboxylic acid groups (broad SMARTS) is 1. The van der Waals surface area contributed by atoms with Crippen molar-refractivity contribution < 1.29 is 9.90 Å². The molecule has 0 spiro atoms. The van der Waals surface area contributed by atoms with Gasteiger partial charge < -0.3 is 10.4 Å². The predicted molar refractivity (Wildman–Crippen MR) is 34.0 cm³/mol. The Morgan fingerprint density at radius 1 is 1.88 bits per heavy atom. The Morgan fingerprint density at radius 3 is 2.88 bits per heavy atom. The summed E-state index contributed by atoms with van der Waals surface area (Å²) in [7, 11) is 1.79. The van der Waals surface area contributed by atoms with E-state index >= 15 is 0 Å². The van der Waals surface area contributed by atoms with Crippen LogP contribution in [0, 0.1) is 0 Å². The molecule has 0 amide bonds. The molecule has 0 aliphatic carbocycles. The van der Waals surface area contributed by atoms with E-state index in [1.165, 1.54) is 11.8 Å². The third kappa shape index (κ3) is 5.78. The molecular formula is C4H9NO2S. The minimum Gasteiger partial charge on any atom is -0.481 e. The molecule has 0 rings (SSSR count). The molecule has 48 valence electrons. The maximum Gasteiger partial charge on any atom is 0.313 e. The number of rotatable bonds is 4. The van der Waals surface area contributed by atoms with Crippen LogP contribution in [0.5, 0.6) is 0 Å². The SMILES string of the molecule is CNCSCC(=O)O. The highest BCUT2D eigenvalue weighted by Gasteiger charge is 1.92. The van der Waals surface area contributed by atoms with Gasteiger partial charge in [0.15, 0.2) is 0 Å². The number of hydrogen-bond acceptors (Lipinski definition) is 3. The molecule has 0 bridgehead atoms. The van der Waals surface area contributed by atoms with Crippen LogP contribution < -0.4 is 5.32 Å². The number of thioether (sulfide) groups is 1. The first-order valence-corrected chi connectivity index (χ1v) is 3.37. The van der Waals surface area contributed by atoms with Crippen LogP contribution in [0.15, 0.2) is 0 Å². The van der Waals surface area contributed by atoms with E-state index in [9.17, 15) is 4.79 Å². The fourth-order valence-corrected chi connectivity index (χ4v) is 0.721. The van der Waals surface area contributed by atoms with Crippen LogP contribution in [0.4, 0.5) is 0 Å². The smallest absolute Gasteiger partial charge is 0.313 e. The van der Waals surface area contributed by atoms with Gasteiger partial charge in [0.05, 0.1) is 5.75 Å². The first kappa shape index (κ1) is 7.78. The Labute approximate surface area is 52.5 Å². The van der Waals surface area contributed by atoms with Gasteiger partial charge in [0, 0.05) is 5.88 Å². The third-order valence-corrected chi connectivity index (χ3v) is 1.42. The molecule has 4 heteroatoms. The monoisotopic (exact) mass is 135 g/mol. The normalized spacial score (nSPS) is 9.12. The summed E-state index contributed by atoms with van der Waals surface area (Å²) in [6.45, 7) is 0. The summed E-state index contributed by atoms with van der Waals surface area (Å²) in [4.78, 5) is 9.83. The lowest BCUT2D eigenvalue weighted by Gasteiger charge is -1.92. The lowest BCUT2D eigenvalue weighted by atomic mass is 10.8. The van der Waals surface area contributed by atoms with E-state index in [2.05, 4.69) is 5.32 Å². The molecule has 0 unspecified atom stereocenters. The van der Waals surface area contributed by atoms with Crippen molar-refractivity contribution in [1.82, 2.24) is 5.32 Å². The Hall–Kier alpha value is -0.220. The summed E-state index contributed by atoms with van der Waals surface area (Å²) < 4.78 is 0. The van der Waals surface area contributed by atoms with E-state index in [1.807, 2.05) is 0 Å². The standard InChI is InChI=1S/C4H9NO2S/c1-5-3-8-2-4(6)7/h5H,2-3H2,1H3,(H,6,7).